The summed E-state index contributed by atoms with van der Waals surface area (Å²) in [4.78, 5) is 26.3. The number of esters is 1. The maximum atomic E-state index is 12.6. The van der Waals surface area contributed by atoms with Crippen LogP contribution >= 0.6 is 0 Å². The van der Waals surface area contributed by atoms with Crippen LogP contribution < -0.4 is 0 Å². The van der Waals surface area contributed by atoms with Crippen LogP contribution in [0.25, 0.3) is 0 Å². The highest BCUT2D eigenvalue weighted by atomic mass is 32.2. The molecular weight excluding hydrogens is 384 g/mol. The monoisotopic (exact) mass is 412 g/mol. The van der Waals surface area contributed by atoms with Crippen molar-refractivity contribution in [1.82, 2.24) is 9.21 Å². The van der Waals surface area contributed by atoms with Crippen molar-refractivity contribution in [3.8, 4) is 0 Å². The minimum atomic E-state index is -3.68. The molecule has 28 heavy (non-hydrogen) atoms. The Morgan fingerprint density at radius 2 is 1.79 bits per heavy atom. The molecule has 0 N–H and O–H groups in total. The van der Waals surface area contributed by atoms with Gasteiger partial charge in [-0.05, 0) is 32.0 Å². The third-order valence-electron chi connectivity index (χ3n) is 4.51. The van der Waals surface area contributed by atoms with Crippen LogP contribution in [0.2, 0.25) is 0 Å². The third kappa shape index (κ3) is 5.30. The second-order valence-electron chi connectivity index (χ2n) is 6.75. The third-order valence-corrected chi connectivity index (χ3v) is 6.56. The molecule has 0 aliphatic carbocycles. The first kappa shape index (κ1) is 22.3. The van der Waals surface area contributed by atoms with E-state index in [2.05, 4.69) is 0 Å². The smallest absolute Gasteiger partial charge is 0.338 e. The van der Waals surface area contributed by atoms with Crippen LogP contribution in [0.15, 0.2) is 29.2 Å². The molecule has 1 heterocycles. The summed E-state index contributed by atoms with van der Waals surface area (Å²) in [7, 11) is -3.68. The Hall–Kier alpha value is -1.97. The van der Waals surface area contributed by atoms with Crippen LogP contribution in [0.4, 0.5) is 0 Å². The van der Waals surface area contributed by atoms with Gasteiger partial charge in [0.25, 0.3) is 5.91 Å². The summed E-state index contributed by atoms with van der Waals surface area (Å²) < 4.78 is 37.2. The molecule has 9 heteroatoms. The predicted molar refractivity (Wildman–Crippen MR) is 103 cm³/mol. The molecule has 2 atom stereocenters. The van der Waals surface area contributed by atoms with E-state index in [1.54, 1.807) is 18.7 Å². The predicted octanol–water partition coefficient (Wildman–Crippen LogP) is 1.51. The molecule has 0 bridgehead atoms. The number of carbonyl (C=O) groups is 2. The second kappa shape index (κ2) is 9.49. The van der Waals surface area contributed by atoms with Gasteiger partial charge in [0, 0.05) is 26.2 Å². The molecule has 8 nitrogen and oxygen atoms in total. The molecule has 1 fully saturated rings. The van der Waals surface area contributed by atoms with E-state index in [1.165, 1.54) is 28.6 Å². The fourth-order valence-corrected chi connectivity index (χ4v) is 4.68. The number of sulfonamides is 1. The number of carbonyl (C=O) groups excluding carboxylic acids is 2. The summed E-state index contributed by atoms with van der Waals surface area (Å²) in [5, 5.41) is 0. The van der Waals surface area contributed by atoms with Gasteiger partial charge in [0.1, 0.15) is 0 Å². The standard InChI is InChI=1S/C19H28N2O6S/c1-5-21(6-2)28(24,25)17-9-7-8-16(10-17)19(23)26-13-18(22)20-11-14(3)27-15(4)12-20/h7-10,14-15H,5-6,11-13H2,1-4H3/t14-,15+. The van der Waals surface area contributed by atoms with Crippen molar-refractivity contribution in [3.63, 3.8) is 0 Å². The summed E-state index contributed by atoms with van der Waals surface area (Å²) in [5.74, 6) is -1.04. The summed E-state index contributed by atoms with van der Waals surface area (Å²) >= 11 is 0. The van der Waals surface area contributed by atoms with Crippen molar-refractivity contribution >= 4 is 21.9 Å². The Morgan fingerprint density at radius 1 is 1.18 bits per heavy atom. The fraction of sp³-hybridized carbons (Fsp3) is 0.579. The van der Waals surface area contributed by atoms with Crippen molar-refractivity contribution in [3.05, 3.63) is 29.8 Å². The Labute approximate surface area is 166 Å². The van der Waals surface area contributed by atoms with E-state index in [1.807, 2.05) is 13.8 Å². The number of hydrogen-bond acceptors (Lipinski definition) is 6. The molecule has 2 rings (SSSR count). The maximum Gasteiger partial charge on any atom is 0.338 e. The first-order valence-electron chi connectivity index (χ1n) is 9.39. The van der Waals surface area contributed by atoms with Gasteiger partial charge < -0.3 is 14.4 Å². The van der Waals surface area contributed by atoms with E-state index in [-0.39, 0.29) is 28.6 Å². The normalized spacial score (nSPS) is 20.2. The minimum absolute atomic E-state index is 0.0211. The number of benzene rings is 1. The van der Waals surface area contributed by atoms with Crippen molar-refractivity contribution in [2.24, 2.45) is 0 Å². The molecular formula is C19H28N2O6S. The van der Waals surface area contributed by atoms with Crippen LogP contribution in [0.1, 0.15) is 38.1 Å². The van der Waals surface area contributed by atoms with E-state index in [9.17, 15) is 18.0 Å². The number of hydrogen-bond donors (Lipinski definition) is 0. The van der Waals surface area contributed by atoms with Gasteiger partial charge in [-0.3, -0.25) is 4.79 Å². The number of morpholine rings is 1. The van der Waals surface area contributed by atoms with Crippen molar-refractivity contribution < 1.29 is 27.5 Å². The Morgan fingerprint density at radius 3 is 2.36 bits per heavy atom. The van der Waals surface area contributed by atoms with Gasteiger partial charge in [0.15, 0.2) is 6.61 Å². The number of rotatable bonds is 7. The fourth-order valence-electron chi connectivity index (χ4n) is 3.18. The Kier molecular flexibility index (Phi) is 7.56. The molecule has 1 aliphatic heterocycles. The average Bonchev–Trinajstić information content (AvgIpc) is 2.66. The molecule has 1 aliphatic rings. The van der Waals surface area contributed by atoms with Crippen LogP contribution in [-0.4, -0.2) is 74.5 Å². The molecule has 1 amide bonds. The van der Waals surface area contributed by atoms with Crippen LogP contribution in [0.5, 0.6) is 0 Å². The molecule has 0 radical (unpaired) electrons. The molecule has 1 aromatic rings. The van der Waals surface area contributed by atoms with Gasteiger partial charge in [0.05, 0.1) is 22.7 Å². The van der Waals surface area contributed by atoms with Crippen molar-refractivity contribution in [2.45, 2.75) is 44.8 Å². The van der Waals surface area contributed by atoms with E-state index in [0.29, 0.717) is 26.2 Å². The molecule has 0 unspecified atom stereocenters. The first-order chi connectivity index (χ1) is 13.2. The Bertz CT molecular complexity index is 796. The van der Waals surface area contributed by atoms with Crippen LogP contribution in [-0.2, 0) is 24.3 Å². The zero-order valence-corrected chi connectivity index (χ0v) is 17.6. The second-order valence-corrected chi connectivity index (χ2v) is 8.69. The van der Waals surface area contributed by atoms with E-state index >= 15 is 0 Å². The summed E-state index contributed by atoms with van der Waals surface area (Å²) in [5.41, 5.74) is 0.0877. The van der Waals surface area contributed by atoms with Crippen molar-refractivity contribution in [1.29, 1.82) is 0 Å². The molecule has 1 saturated heterocycles. The largest absolute Gasteiger partial charge is 0.452 e. The number of nitrogens with zero attached hydrogens (tertiary/aromatic N) is 2. The zero-order chi connectivity index (χ0) is 20.9. The quantitative estimate of drug-likeness (QED) is 0.630. The lowest BCUT2D eigenvalue weighted by Crippen LogP contribution is -2.49. The van der Waals surface area contributed by atoms with Gasteiger partial charge in [-0.1, -0.05) is 19.9 Å². The maximum absolute atomic E-state index is 12.6. The van der Waals surface area contributed by atoms with Crippen LogP contribution in [0.3, 0.4) is 0 Å². The highest BCUT2D eigenvalue weighted by Crippen LogP contribution is 2.18. The molecule has 0 saturated carbocycles. The Balaban J connectivity index is 2.04. The van der Waals surface area contributed by atoms with Gasteiger partial charge >= 0.3 is 5.97 Å². The summed E-state index contributed by atoms with van der Waals surface area (Å²) in [6, 6.07) is 5.67. The highest BCUT2D eigenvalue weighted by Gasteiger charge is 2.27. The van der Waals surface area contributed by atoms with E-state index < -0.39 is 22.6 Å². The summed E-state index contributed by atoms with van der Waals surface area (Å²) in [6.07, 6.45) is -0.157. The summed E-state index contributed by atoms with van der Waals surface area (Å²) in [6.45, 7) is 8.41. The number of amides is 1. The lowest BCUT2D eigenvalue weighted by molar-refractivity contribution is -0.146. The van der Waals surface area contributed by atoms with Gasteiger partial charge in [-0.2, -0.15) is 4.31 Å². The van der Waals surface area contributed by atoms with Crippen LogP contribution in [0, 0.1) is 0 Å². The van der Waals surface area contributed by atoms with E-state index in [0.717, 1.165) is 0 Å². The lowest BCUT2D eigenvalue weighted by Gasteiger charge is -2.35. The van der Waals surface area contributed by atoms with Crippen molar-refractivity contribution in [2.75, 3.05) is 32.8 Å². The molecule has 0 aromatic heterocycles. The van der Waals surface area contributed by atoms with Gasteiger partial charge in [0.2, 0.25) is 10.0 Å². The van der Waals surface area contributed by atoms with Gasteiger partial charge in [-0.15, -0.1) is 0 Å². The minimum Gasteiger partial charge on any atom is -0.452 e. The molecule has 1 aromatic carbocycles. The zero-order valence-electron chi connectivity index (χ0n) is 16.8. The lowest BCUT2D eigenvalue weighted by atomic mass is 10.2. The SMILES string of the molecule is CCN(CC)S(=O)(=O)c1cccc(C(=O)OCC(=O)N2C[C@@H](C)O[C@@H](C)C2)c1. The molecule has 0 spiro atoms. The molecule has 156 valence electrons. The van der Waals surface area contributed by atoms with Gasteiger partial charge in [-0.25, -0.2) is 13.2 Å². The highest BCUT2D eigenvalue weighted by molar-refractivity contribution is 7.89. The average molecular weight is 413 g/mol. The number of ether oxygens (including phenoxy) is 2. The van der Waals surface area contributed by atoms with E-state index in [4.69, 9.17) is 9.47 Å². The topological polar surface area (TPSA) is 93.2 Å². The first-order valence-corrected chi connectivity index (χ1v) is 10.8.